The molecular weight excluding hydrogens is 193 g/mol. The predicted molar refractivity (Wildman–Crippen MR) is 59.2 cm³/mol. The zero-order valence-electron chi connectivity index (χ0n) is 8.83. The monoisotopic (exact) mass is 209 g/mol. The summed E-state index contributed by atoms with van der Waals surface area (Å²) in [7, 11) is 0. The van der Waals surface area contributed by atoms with Gasteiger partial charge in [-0.25, -0.2) is 4.39 Å². The maximum absolute atomic E-state index is 13.4. The van der Waals surface area contributed by atoms with E-state index < -0.39 is 11.9 Å². The fourth-order valence-electron chi connectivity index (χ4n) is 1.49. The van der Waals surface area contributed by atoms with Gasteiger partial charge in [0.25, 0.3) is 0 Å². The second kappa shape index (κ2) is 4.94. The number of phenols is 1. The van der Waals surface area contributed by atoms with Crippen molar-refractivity contribution >= 4 is 0 Å². The molecule has 0 amide bonds. The van der Waals surface area contributed by atoms with Crippen LogP contribution in [0.4, 0.5) is 4.39 Å². The van der Waals surface area contributed by atoms with E-state index in [1.807, 2.05) is 0 Å². The van der Waals surface area contributed by atoms with E-state index >= 15 is 0 Å². The largest absolute Gasteiger partial charge is 0.507 e. The van der Waals surface area contributed by atoms with Crippen LogP contribution in [-0.4, -0.2) is 5.11 Å². The van der Waals surface area contributed by atoms with Crippen LogP contribution in [0.5, 0.6) is 5.75 Å². The lowest BCUT2D eigenvalue weighted by Crippen LogP contribution is -2.12. The molecule has 3 heteroatoms. The molecule has 0 spiro atoms. The normalized spacial score (nSPS) is 12.5. The molecule has 82 valence electrons. The van der Waals surface area contributed by atoms with E-state index in [1.54, 1.807) is 13.0 Å². The molecule has 2 nitrogen and oxygen atoms in total. The minimum absolute atomic E-state index is 0.0356. The lowest BCUT2D eigenvalue weighted by Gasteiger charge is -2.15. The fraction of sp³-hybridized carbons (Fsp3) is 0.333. The van der Waals surface area contributed by atoms with Gasteiger partial charge in [-0.1, -0.05) is 12.1 Å². The van der Waals surface area contributed by atoms with Gasteiger partial charge in [-0.05, 0) is 31.4 Å². The van der Waals surface area contributed by atoms with Crippen LogP contribution in [0.1, 0.15) is 30.0 Å². The van der Waals surface area contributed by atoms with Crippen LogP contribution >= 0.6 is 0 Å². The van der Waals surface area contributed by atoms with Gasteiger partial charge in [0.2, 0.25) is 0 Å². The molecule has 0 heterocycles. The maximum Gasteiger partial charge on any atom is 0.131 e. The third-order valence-electron chi connectivity index (χ3n) is 2.42. The number of hydrogen-bond acceptors (Lipinski definition) is 2. The van der Waals surface area contributed by atoms with E-state index in [1.165, 1.54) is 12.1 Å². The van der Waals surface area contributed by atoms with Crippen molar-refractivity contribution < 1.29 is 9.50 Å². The summed E-state index contributed by atoms with van der Waals surface area (Å²) in [5, 5.41) is 9.70. The van der Waals surface area contributed by atoms with E-state index in [0.29, 0.717) is 18.4 Å². The first-order chi connectivity index (χ1) is 7.07. The summed E-state index contributed by atoms with van der Waals surface area (Å²) in [6, 6.07) is 2.38. The van der Waals surface area contributed by atoms with Gasteiger partial charge >= 0.3 is 0 Å². The topological polar surface area (TPSA) is 46.2 Å². The Bertz CT molecular complexity index is 363. The summed E-state index contributed by atoms with van der Waals surface area (Å²) in [6.45, 7) is 5.30. The molecule has 0 radical (unpaired) electrons. The second-order valence-corrected chi connectivity index (χ2v) is 3.60. The van der Waals surface area contributed by atoms with Crippen molar-refractivity contribution in [2.45, 2.75) is 25.8 Å². The second-order valence-electron chi connectivity index (χ2n) is 3.60. The summed E-state index contributed by atoms with van der Waals surface area (Å²) in [4.78, 5) is 0. The van der Waals surface area contributed by atoms with E-state index in [-0.39, 0.29) is 11.3 Å². The van der Waals surface area contributed by atoms with Gasteiger partial charge in [0.05, 0.1) is 0 Å². The highest BCUT2D eigenvalue weighted by Gasteiger charge is 2.16. The maximum atomic E-state index is 13.4. The summed E-state index contributed by atoms with van der Waals surface area (Å²) < 4.78 is 13.4. The molecule has 1 atom stereocenters. The standard InChI is InChI=1S/C12H16FNO/c1-3-4-5-10(14)11-9(13)7-6-8(2)12(11)15/h3,6-7,10,15H,1,4-5,14H2,2H3/t10-/m1/s1. The molecule has 1 aromatic rings. The Morgan fingerprint density at radius 1 is 1.60 bits per heavy atom. The van der Waals surface area contributed by atoms with Crippen molar-refractivity contribution in [1.82, 2.24) is 0 Å². The third-order valence-corrected chi connectivity index (χ3v) is 2.42. The van der Waals surface area contributed by atoms with Gasteiger partial charge in [0.15, 0.2) is 0 Å². The average Bonchev–Trinajstić information content (AvgIpc) is 2.21. The number of aromatic hydroxyl groups is 1. The van der Waals surface area contributed by atoms with Gasteiger partial charge < -0.3 is 10.8 Å². The Labute approximate surface area is 89.2 Å². The number of aryl methyl sites for hydroxylation is 1. The Kier molecular flexibility index (Phi) is 3.86. The molecule has 3 N–H and O–H groups in total. The molecule has 0 saturated carbocycles. The third kappa shape index (κ3) is 2.57. The van der Waals surface area contributed by atoms with Crippen LogP contribution < -0.4 is 5.73 Å². The number of nitrogens with two attached hydrogens (primary N) is 1. The first kappa shape index (κ1) is 11.7. The number of hydrogen-bond donors (Lipinski definition) is 2. The van der Waals surface area contributed by atoms with Crippen molar-refractivity contribution in [2.75, 3.05) is 0 Å². The highest BCUT2D eigenvalue weighted by molar-refractivity contribution is 5.42. The zero-order valence-corrected chi connectivity index (χ0v) is 8.83. The van der Waals surface area contributed by atoms with E-state index in [9.17, 15) is 9.50 Å². The van der Waals surface area contributed by atoms with Crippen LogP contribution in [0.25, 0.3) is 0 Å². The molecular formula is C12H16FNO. The lowest BCUT2D eigenvalue weighted by molar-refractivity contribution is 0.441. The van der Waals surface area contributed by atoms with E-state index in [4.69, 9.17) is 5.73 Å². The SMILES string of the molecule is C=CCC[C@@H](N)c1c(F)ccc(C)c1O. The molecule has 0 bridgehead atoms. The molecule has 0 aliphatic carbocycles. The smallest absolute Gasteiger partial charge is 0.131 e. The van der Waals surface area contributed by atoms with Crippen LogP contribution in [0.15, 0.2) is 24.8 Å². The molecule has 0 aliphatic rings. The fourth-order valence-corrected chi connectivity index (χ4v) is 1.49. The predicted octanol–water partition coefficient (Wildman–Crippen LogP) is 2.81. The van der Waals surface area contributed by atoms with Crippen molar-refractivity contribution in [2.24, 2.45) is 5.73 Å². The molecule has 1 rings (SSSR count). The van der Waals surface area contributed by atoms with Crippen molar-refractivity contribution in [3.63, 3.8) is 0 Å². The summed E-state index contributed by atoms with van der Waals surface area (Å²) in [5.74, 6) is -0.485. The molecule has 0 unspecified atom stereocenters. The summed E-state index contributed by atoms with van der Waals surface area (Å²) in [6.07, 6.45) is 3.01. The van der Waals surface area contributed by atoms with E-state index in [2.05, 4.69) is 6.58 Å². The Morgan fingerprint density at radius 2 is 2.27 bits per heavy atom. The highest BCUT2D eigenvalue weighted by Crippen LogP contribution is 2.31. The van der Waals surface area contributed by atoms with Crippen molar-refractivity contribution in [3.8, 4) is 5.75 Å². The van der Waals surface area contributed by atoms with Crippen LogP contribution in [-0.2, 0) is 0 Å². The van der Waals surface area contributed by atoms with Gasteiger partial charge in [0.1, 0.15) is 11.6 Å². The Balaban J connectivity index is 3.01. The first-order valence-corrected chi connectivity index (χ1v) is 4.92. The van der Waals surface area contributed by atoms with Crippen molar-refractivity contribution in [3.05, 3.63) is 41.7 Å². The zero-order chi connectivity index (χ0) is 11.4. The van der Waals surface area contributed by atoms with Crippen LogP contribution in [0.3, 0.4) is 0 Å². The number of rotatable bonds is 4. The van der Waals surface area contributed by atoms with Gasteiger partial charge in [-0.15, -0.1) is 6.58 Å². The summed E-state index contributed by atoms with van der Waals surface area (Å²) in [5.41, 5.74) is 6.65. The summed E-state index contributed by atoms with van der Waals surface area (Å²) >= 11 is 0. The minimum Gasteiger partial charge on any atom is -0.507 e. The molecule has 0 aliphatic heterocycles. The van der Waals surface area contributed by atoms with Crippen LogP contribution in [0, 0.1) is 12.7 Å². The molecule has 1 aromatic carbocycles. The highest BCUT2D eigenvalue weighted by atomic mass is 19.1. The van der Waals surface area contributed by atoms with Gasteiger partial charge in [-0.2, -0.15) is 0 Å². The quantitative estimate of drug-likeness (QED) is 0.749. The molecule has 0 fully saturated rings. The molecule has 15 heavy (non-hydrogen) atoms. The first-order valence-electron chi connectivity index (χ1n) is 4.92. The Hall–Kier alpha value is -1.35. The van der Waals surface area contributed by atoms with Crippen molar-refractivity contribution in [1.29, 1.82) is 0 Å². The van der Waals surface area contributed by atoms with Gasteiger partial charge in [-0.3, -0.25) is 0 Å². The number of benzene rings is 1. The van der Waals surface area contributed by atoms with Gasteiger partial charge in [0, 0.05) is 11.6 Å². The molecule has 0 saturated heterocycles. The van der Waals surface area contributed by atoms with Crippen LogP contribution in [0.2, 0.25) is 0 Å². The Morgan fingerprint density at radius 3 is 2.87 bits per heavy atom. The number of halogens is 1. The average molecular weight is 209 g/mol. The number of phenolic OH excluding ortho intramolecular Hbond substituents is 1. The van der Waals surface area contributed by atoms with E-state index in [0.717, 1.165) is 0 Å². The minimum atomic E-state index is -0.483. The molecule has 0 aromatic heterocycles. The lowest BCUT2D eigenvalue weighted by atomic mass is 9.99. The number of allylic oxidation sites excluding steroid dienone is 1.